The van der Waals surface area contributed by atoms with Crippen LogP contribution in [0.4, 0.5) is 0 Å². The molecule has 0 aliphatic carbocycles. The van der Waals surface area contributed by atoms with Crippen LogP contribution in [-0.4, -0.2) is 8.41 Å². The zero-order valence-corrected chi connectivity index (χ0v) is 7.80. The van der Waals surface area contributed by atoms with Gasteiger partial charge in [0, 0.05) is 41.1 Å². The molecule has 0 aromatic heterocycles. The van der Waals surface area contributed by atoms with Gasteiger partial charge in [-0.3, -0.25) is 0 Å². The number of hydrogen-bond donors (Lipinski definition) is 0. The molecule has 0 saturated heterocycles. The molecule has 8 heavy (non-hydrogen) atoms. The molecule has 0 heterocycles. The Bertz CT molecular complexity index is 112. The third kappa shape index (κ3) is 3.51. The molecule has 0 unspecified atom stereocenters. The van der Waals surface area contributed by atoms with Gasteiger partial charge in [0.25, 0.3) is 0 Å². The predicted molar refractivity (Wildman–Crippen MR) is 32.5 cm³/mol. The molecule has 1 aromatic carbocycles. The second-order valence-electron chi connectivity index (χ2n) is 1.46. The summed E-state index contributed by atoms with van der Waals surface area (Å²) in [5, 5.41) is 0. The SMILES string of the molecule is C[c-]1cccc1.[B].[Y]. The van der Waals surface area contributed by atoms with E-state index in [1.807, 2.05) is 12.1 Å². The Morgan fingerprint density at radius 2 is 1.50 bits per heavy atom. The molecule has 0 nitrogen and oxygen atoms in total. The van der Waals surface area contributed by atoms with Crippen LogP contribution in [-0.2, 0) is 32.7 Å². The maximum Gasteiger partial charge on any atom is 0 e. The van der Waals surface area contributed by atoms with E-state index in [2.05, 4.69) is 19.1 Å². The van der Waals surface area contributed by atoms with Gasteiger partial charge >= 0.3 is 0 Å². The smallest absolute Gasteiger partial charge is 0 e. The predicted octanol–water partition coefficient (Wildman–Crippen LogP) is 1.33. The van der Waals surface area contributed by atoms with Gasteiger partial charge in [-0.2, -0.15) is 17.7 Å². The zero-order chi connectivity index (χ0) is 4.41. The summed E-state index contributed by atoms with van der Waals surface area (Å²) in [5.74, 6) is 0. The Kier molecular flexibility index (Phi) is 8.01. The van der Waals surface area contributed by atoms with Gasteiger partial charge in [0.15, 0.2) is 0 Å². The second kappa shape index (κ2) is 5.65. The molecule has 4 radical (unpaired) electrons. The summed E-state index contributed by atoms with van der Waals surface area (Å²) in [5.41, 5.74) is 1.34. The van der Waals surface area contributed by atoms with E-state index < -0.39 is 0 Å². The van der Waals surface area contributed by atoms with Gasteiger partial charge in [-0.25, -0.2) is 12.1 Å². The van der Waals surface area contributed by atoms with Gasteiger partial charge in [0.2, 0.25) is 0 Å². The number of hydrogen-bond acceptors (Lipinski definition) is 0. The van der Waals surface area contributed by atoms with Crippen molar-refractivity contribution in [1.82, 2.24) is 0 Å². The van der Waals surface area contributed by atoms with Crippen LogP contribution in [0, 0.1) is 6.92 Å². The normalized spacial score (nSPS) is 6.62. The van der Waals surface area contributed by atoms with Gasteiger partial charge in [-0.1, -0.05) is 6.92 Å². The molecule has 0 spiro atoms. The molecule has 1 rings (SSSR count). The number of aryl methyl sites for hydroxylation is 1. The Hall–Kier alpha value is 0.519. The van der Waals surface area contributed by atoms with E-state index in [4.69, 9.17) is 0 Å². The van der Waals surface area contributed by atoms with Gasteiger partial charge < -0.3 is 0 Å². The van der Waals surface area contributed by atoms with Gasteiger partial charge in [0.05, 0.1) is 0 Å². The van der Waals surface area contributed by atoms with Gasteiger partial charge in [0.1, 0.15) is 0 Å². The van der Waals surface area contributed by atoms with Crippen molar-refractivity contribution in [2.24, 2.45) is 0 Å². The van der Waals surface area contributed by atoms with Crippen LogP contribution < -0.4 is 0 Å². The minimum Gasteiger partial charge on any atom is -0.213 e. The summed E-state index contributed by atoms with van der Waals surface area (Å²) in [6, 6.07) is 8.24. The van der Waals surface area contributed by atoms with E-state index >= 15 is 0 Å². The van der Waals surface area contributed by atoms with Crippen molar-refractivity contribution in [3.05, 3.63) is 29.8 Å². The second-order valence-corrected chi connectivity index (χ2v) is 1.46. The van der Waals surface area contributed by atoms with E-state index in [0.717, 1.165) is 0 Å². The molecule has 1 aromatic rings. The van der Waals surface area contributed by atoms with Crippen molar-refractivity contribution in [1.29, 1.82) is 0 Å². The fourth-order valence-corrected chi connectivity index (χ4v) is 0.470. The maximum absolute atomic E-state index is 2.08. The summed E-state index contributed by atoms with van der Waals surface area (Å²) in [6.07, 6.45) is 0. The van der Waals surface area contributed by atoms with Crippen molar-refractivity contribution in [2.75, 3.05) is 0 Å². The van der Waals surface area contributed by atoms with Crippen LogP contribution in [0.3, 0.4) is 0 Å². The first-order chi connectivity index (χ1) is 2.89. The molecule has 38 valence electrons. The van der Waals surface area contributed by atoms with Crippen molar-refractivity contribution in [3.63, 3.8) is 0 Å². The van der Waals surface area contributed by atoms with Gasteiger partial charge in [-0.15, -0.1) is 0 Å². The van der Waals surface area contributed by atoms with E-state index in [1.54, 1.807) is 0 Å². The number of rotatable bonds is 0. The largest absolute Gasteiger partial charge is 0.213 e. The molecule has 2 heteroatoms. The van der Waals surface area contributed by atoms with Crippen molar-refractivity contribution in [2.45, 2.75) is 6.92 Å². The average molecular weight is 179 g/mol. The van der Waals surface area contributed by atoms with Crippen molar-refractivity contribution in [3.8, 4) is 0 Å². The molecular formula is C6H7BY-. The molecule has 0 N–H and O–H groups in total. The van der Waals surface area contributed by atoms with E-state index in [9.17, 15) is 0 Å². The maximum atomic E-state index is 2.08. The Morgan fingerprint density at radius 1 is 1.12 bits per heavy atom. The molecule has 0 aliphatic rings. The molecule has 0 amide bonds. The Balaban J connectivity index is 0. The summed E-state index contributed by atoms with van der Waals surface area (Å²) in [7, 11) is 0. The van der Waals surface area contributed by atoms with E-state index in [0.29, 0.717) is 0 Å². The van der Waals surface area contributed by atoms with Gasteiger partial charge in [-0.05, 0) is 0 Å². The third-order valence-corrected chi connectivity index (χ3v) is 0.829. The summed E-state index contributed by atoms with van der Waals surface area (Å²) < 4.78 is 0. The molecule has 0 atom stereocenters. The minimum atomic E-state index is 0. The standard InChI is InChI=1S/C6H7.B.Y/c1-6-4-2-3-5-6;;/h2-5H,1H3;;/q-1;;. The zero-order valence-electron chi connectivity index (χ0n) is 4.96. The Morgan fingerprint density at radius 3 is 1.62 bits per heavy atom. The molecule has 0 saturated carbocycles. The first kappa shape index (κ1) is 11.3. The molecular weight excluding hydrogens is 172 g/mol. The fourth-order valence-electron chi connectivity index (χ4n) is 0.470. The van der Waals surface area contributed by atoms with Crippen LogP contribution in [0.25, 0.3) is 0 Å². The first-order valence-corrected chi connectivity index (χ1v) is 2.08. The van der Waals surface area contributed by atoms with Crippen molar-refractivity contribution >= 4 is 8.41 Å². The van der Waals surface area contributed by atoms with Crippen LogP contribution >= 0.6 is 0 Å². The van der Waals surface area contributed by atoms with Crippen LogP contribution in [0.5, 0.6) is 0 Å². The molecule has 0 bridgehead atoms. The molecule has 0 fully saturated rings. The Labute approximate surface area is 77.5 Å². The van der Waals surface area contributed by atoms with E-state index in [1.165, 1.54) is 5.56 Å². The monoisotopic (exact) mass is 179 g/mol. The van der Waals surface area contributed by atoms with Crippen molar-refractivity contribution < 1.29 is 32.7 Å². The minimum absolute atomic E-state index is 0. The summed E-state index contributed by atoms with van der Waals surface area (Å²) in [6.45, 7) is 2.08. The average Bonchev–Trinajstić information content (AvgIpc) is 1.86. The van der Waals surface area contributed by atoms with Crippen LogP contribution in [0.15, 0.2) is 24.3 Å². The quantitative estimate of drug-likeness (QED) is 0.416. The van der Waals surface area contributed by atoms with E-state index in [-0.39, 0.29) is 41.1 Å². The van der Waals surface area contributed by atoms with Crippen LogP contribution in [0.1, 0.15) is 5.56 Å². The summed E-state index contributed by atoms with van der Waals surface area (Å²) in [4.78, 5) is 0. The third-order valence-electron chi connectivity index (χ3n) is 0.829. The fraction of sp³-hybridized carbons (Fsp3) is 0.167. The molecule has 0 aliphatic heterocycles. The topological polar surface area (TPSA) is 0 Å². The summed E-state index contributed by atoms with van der Waals surface area (Å²) >= 11 is 0. The first-order valence-electron chi connectivity index (χ1n) is 2.08. The van der Waals surface area contributed by atoms with Crippen LogP contribution in [0.2, 0.25) is 0 Å².